The summed E-state index contributed by atoms with van der Waals surface area (Å²) in [5.41, 5.74) is 1.76. The fraction of sp³-hybridized carbons (Fsp3) is 0.0435. The molecule has 0 spiro atoms. The molecule has 6 nitrogen and oxygen atoms in total. The van der Waals surface area contributed by atoms with E-state index < -0.39 is 11.4 Å². The van der Waals surface area contributed by atoms with Gasteiger partial charge in [0.25, 0.3) is 5.56 Å². The van der Waals surface area contributed by atoms with Crippen molar-refractivity contribution in [3.05, 3.63) is 105 Å². The SMILES string of the molecule is Cc1ccccc1N=Nc1c(O)n(-c2ccc(Cl)cc2)c(=S)n(-c2ccccc2)c1=O. The van der Waals surface area contributed by atoms with Gasteiger partial charge < -0.3 is 5.11 Å². The van der Waals surface area contributed by atoms with Crippen molar-refractivity contribution in [3.63, 3.8) is 0 Å². The molecule has 4 aromatic rings. The number of hydrogen-bond donors (Lipinski definition) is 1. The first kappa shape index (κ1) is 20.7. The molecule has 0 amide bonds. The molecular formula is C23H17ClN4O2S. The Bertz CT molecular complexity index is 1390. The molecule has 0 radical (unpaired) electrons. The summed E-state index contributed by atoms with van der Waals surface area (Å²) in [5.74, 6) is -0.401. The molecule has 0 unspecified atom stereocenters. The zero-order chi connectivity index (χ0) is 22.0. The summed E-state index contributed by atoms with van der Waals surface area (Å²) >= 11 is 11.6. The van der Waals surface area contributed by atoms with E-state index in [2.05, 4.69) is 10.2 Å². The second-order valence-corrected chi connectivity index (χ2v) is 7.53. The van der Waals surface area contributed by atoms with Gasteiger partial charge >= 0.3 is 0 Å². The maximum atomic E-state index is 13.3. The van der Waals surface area contributed by atoms with Crippen LogP contribution in [0, 0.1) is 11.7 Å². The van der Waals surface area contributed by atoms with Gasteiger partial charge in [-0.05, 0) is 67.2 Å². The van der Waals surface area contributed by atoms with Crippen LogP contribution in [0.2, 0.25) is 5.02 Å². The summed E-state index contributed by atoms with van der Waals surface area (Å²) in [6, 6.07) is 23.0. The molecule has 0 saturated carbocycles. The first-order valence-electron chi connectivity index (χ1n) is 9.37. The van der Waals surface area contributed by atoms with Crippen LogP contribution in [0.3, 0.4) is 0 Å². The van der Waals surface area contributed by atoms with E-state index >= 15 is 0 Å². The number of aromatic hydroxyl groups is 1. The van der Waals surface area contributed by atoms with E-state index in [9.17, 15) is 9.90 Å². The van der Waals surface area contributed by atoms with Gasteiger partial charge in [-0.2, -0.15) is 0 Å². The van der Waals surface area contributed by atoms with Crippen LogP contribution in [0.1, 0.15) is 5.56 Å². The van der Waals surface area contributed by atoms with E-state index in [4.69, 9.17) is 23.8 Å². The quantitative estimate of drug-likeness (QED) is 0.288. The third-order valence-corrected chi connectivity index (χ3v) is 5.30. The maximum Gasteiger partial charge on any atom is 0.290 e. The van der Waals surface area contributed by atoms with E-state index in [1.807, 2.05) is 31.2 Å². The monoisotopic (exact) mass is 448 g/mol. The van der Waals surface area contributed by atoms with E-state index in [1.165, 1.54) is 9.13 Å². The molecule has 4 rings (SSSR count). The van der Waals surface area contributed by atoms with E-state index in [1.54, 1.807) is 54.6 Å². The highest BCUT2D eigenvalue weighted by Gasteiger charge is 2.19. The normalized spacial score (nSPS) is 11.2. The van der Waals surface area contributed by atoms with Crippen molar-refractivity contribution in [3.8, 4) is 17.3 Å². The van der Waals surface area contributed by atoms with Gasteiger partial charge in [0.05, 0.1) is 17.1 Å². The molecule has 3 aromatic carbocycles. The van der Waals surface area contributed by atoms with Gasteiger partial charge in [-0.15, -0.1) is 10.2 Å². The number of rotatable bonds is 4. The Kier molecular flexibility index (Phi) is 5.79. The molecule has 0 aliphatic heterocycles. The van der Waals surface area contributed by atoms with Gasteiger partial charge in [-0.1, -0.05) is 48.0 Å². The highest BCUT2D eigenvalue weighted by molar-refractivity contribution is 7.71. The summed E-state index contributed by atoms with van der Waals surface area (Å²) in [6.45, 7) is 1.89. The van der Waals surface area contributed by atoms with Gasteiger partial charge in [0.1, 0.15) is 0 Å². The number of nitrogens with zero attached hydrogens (tertiary/aromatic N) is 4. The molecule has 0 atom stereocenters. The molecule has 0 saturated heterocycles. The van der Waals surface area contributed by atoms with Gasteiger partial charge in [0, 0.05) is 5.02 Å². The van der Waals surface area contributed by atoms with E-state index in [-0.39, 0.29) is 10.5 Å². The Morgan fingerprint density at radius 1 is 0.839 bits per heavy atom. The van der Waals surface area contributed by atoms with E-state index in [0.717, 1.165) is 5.56 Å². The maximum absolute atomic E-state index is 13.3. The van der Waals surface area contributed by atoms with Crippen molar-refractivity contribution in [2.45, 2.75) is 6.92 Å². The van der Waals surface area contributed by atoms with Gasteiger partial charge in [-0.25, -0.2) is 0 Å². The molecule has 31 heavy (non-hydrogen) atoms. The van der Waals surface area contributed by atoms with Crippen molar-refractivity contribution >= 4 is 35.2 Å². The van der Waals surface area contributed by atoms with Crippen LogP contribution in [0.25, 0.3) is 11.4 Å². The summed E-state index contributed by atoms with van der Waals surface area (Å²) in [4.78, 5) is 13.3. The highest BCUT2D eigenvalue weighted by Crippen LogP contribution is 2.30. The Hall–Kier alpha value is -3.55. The van der Waals surface area contributed by atoms with E-state index in [0.29, 0.717) is 22.1 Å². The zero-order valence-electron chi connectivity index (χ0n) is 16.4. The summed E-state index contributed by atoms with van der Waals surface area (Å²) in [5, 5.41) is 19.8. The lowest BCUT2D eigenvalue weighted by atomic mass is 10.2. The smallest absolute Gasteiger partial charge is 0.290 e. The Morgan fingerprint density at radius 3 is 2.13 bits per heavy atom. The molecule has 8 heteroatoms. The summed E-state index contributed by atoms with van der Waals surface area (Å²) < 4.78 is 2.77. The van der Waals surface area contributed by atoms with Crippen molar-refractivity contribution in [2.75, 3.05) is 0 Å². The van der Waals surface area contributed by atoms with Crippen molar-refractivity contribution in [2.24, 2.45) is 10.2 Å². The van der Waals surface area contributed by atoms with Crippen LogP contribution < -0.4 is 5.56 Å². The fourth-order valence-electron chi connectivity index (χ4n) is 3.08. The minimum Gasteiger partial charge on any atom is -0.492 e. The van der Waals surface area contributed by atoms with Crippen molar-refractivity contribution in [1.82, 2.24) is 9.13 Å². The molecule has 1 N–H and O–H groups in total. The lowest BCUT2D eigenvalue weighted by Crippen LogP contribution is -2.23. The Labute approximate surface area is 188 Å². The number of halogens is 1. The number of aryl methyl sites for hydroxylation is 1. The number of benzene rings is 3. The molecule has 0 bridgehead atoms. The second kappa shape index (κ2) is 8.67. The minimum atomic E-state index is -0.573. The average molecular weight is 449 g/mol. The van der Waals surface area contributed by atoms with Crippen LogP contribution in [0.5, 0.6) is 5.88 Å². The number of azo groups is 1. The topological polar surface area (TPSA) is 71.9 Å². The van der Waals surface area contributed by atoms with Crippen LogP contribution in [0.4, 0.5) is 11.4 Å². The zero-order valence-corrected chi connectivity index (χ0v) is 18.0. The van der Waals surface area contributed by atoms with Crippen LogP contribution in [-0.2, 0) is 0 Å². The predicted octanol–water partition coefficient (Wildman–Crippen LogP) is 6.44. The van der Waals surface area contributed by atoms with Crippen molar-refractivity contribution < 1.29 is 5.11 Å². The lowest BCUT2D eigenvalue weighted by molar-refractivity contribution is 0.432. The first-order valence-corrected chi connectivity index (χ1v) is 10.2. The highest BCUT2D eigenvalue weighted by atomic mass is 35.5. The van der Waals surface area contributed by atoms with Gasteiger partial charge in [0.15, 0.2) is 4.77 Å². The first-order chi connectivity index (χ1) is 15.0. The van der Waals surface area contributed by atoms with Crippen LogP contribution in [-0.4, -0.2) is 14.2 Å². The second-order valence-electron chi connectivity index (χ2n) is 6.73. The summed E-state index contributed by atoms with van der Waals surface area (Å²) in [7, 11) is 0. The largest absolute Gasteiger partial charge is 0.492 e. The van der Waals surface area contributed by atoms with Crippen LogP contribution in [0.15, 0.2) is 93.9 Å². The standard InChI is InChI=1S/C23H17ClN4O2S/c1-15-7-5-6-10-19(15)25-26-20-21(29)27(17-8-3-2-4-9-17)23(31)28(22(20)30)18-13-11-16(24)12-14-18/h2-14,30H,1H3. The Balaban J connectivity index is 2.01. The number of hydrogen-bond acceptors (Lipinski definition) is 5. The van der Waals surface area contributed by atoms with Gasteiger partial charge in [-0.3, -0.25) is 13.9 Å². The molecule has 0 aliphatic carbocycles. The number of aromatic nitrogens is 2. The van der Waals surface area contributed by atoms with Crippen molar-refractivity contribution in [1.29, 1.82) is 0 Å². The summed E-state index contributed by atoms with van der Waals surface area (Å²) in [6.07, 6.45) is 0. The molecule has 154 valence electrons. The molecule has 1 heterocycles. The molecule has 0 fully saturated rings. The average Bonchev–Trinajstić information content (AvgIpc) is 2.77. The van der Waals surface area contributed by atoms with Gasteiger partial charge in [0.2, 0.25) is 11.6 Å². The number of para-hydroxylation sites is 1. The van der Waals surface area contributed by atoms with Crippen LogP contribution >= 0.6 is 23.8 Å². The predicted molar refractivity (Wildman–Crippen MR) is 124 cm³/mol. The third-order valence-electron chi connectivity index (χ3n) is 4.68. The molecule has 0 aliphatic rings. The minimum absolute atomic E-state index is 0.0888. The third kappa shape index (κ3) is 4.05. The molecule has 1 aromatic heterocycles. The fourth-order valence-corrected chi connectivity index (χ4v) is 3.59. The Morgan fingerprint density at radius 2 is 1.45 bits per heavy atom. The lowest BCUT2D eigenvalue weighted by Gasteiger charge is -2.16. The molecular weight excluding hydrogens is 432 g/mol.